The molecule has 2 aromatic heterocycles. The lowest BCUT2D eigenvalue weighted by molar-refractivity contribution is 0.271. The molecule has 0 unspecified atom stereocenters. The Morgan fingerprint density at radius 2 is 1.64 bits per heavy atom. The third-order valence-electron chi connectivity index (χ3n) is 7.36. The van der Waals surface area contributed by atoms with E-state index in [9.17, 15) is 0 Å². The van der Waals surface area contributed by atoms with E-state index in [2.05, 4.69) is 57.4 Å². The fraction of sp³-hybridized carbons (Fsp3) is 0.433. The maximum absolute atomic E-state index is 5.41. The second-order valence-corrected chi connectivity index (χ2v) is 9.99. The largest absolute Gasteiger partial charge is 0.497 e. The minimum atomic E-state index is 0.746. The summed E-state index contributed by atoms with van der Waals surface area (Å²) in [5, 5.41) is 12.2. The summed E-state index contributed by atoms with van der Waals surface area (Å²) in [5.41, 5.74) is 4.38. The van der Waals surface area contributed by atoms with E-state index in [0.29, 0.717) is 0 Å². The number of ether oxygens (including phenoxy) is 2. The summed E-state index contributed by atoms with van der Waals surface area (Å²) >= 11 is 0. The van der Waals surface area contributed by atoms with E-state index < -0.39 is 0 Å². The van der Waals surface area contributed by atoms with Crippen LogP contribution in [0.15, 0.2) is 42.5 Å². The van der Waals surface area contributed by atoms with Crippen molar-refractivity contribution >= 4 is 28.2 Å². The van der Waals surface area contributed by atoms with Crippen LogP contribution in [0, 0.1) is 0 Å². The van der Waals surface area contributed by atoms with Crippen molar-refractivity contribution in [1.82, 2.24) is 25.1 Å². The number of fused-ring (bicyclic) bond motifs is 1. The van der Waals surface area contributed by atoms with Gasteiger partial charge in [0.25, 0.3) is 0 Å². The Kier molecular flexibility index (Phi) is 8.46. The molecule has 0 bridgehead atoms. The van der Waals surface area contributed by atoms with E-state index in [-0.39, 0.29) is 0 Å². The number of aromatic amines is 1. The molecule has 0 amide bonds. The van der Waals surface area contributed by atoms with Gasteiger partial charge >= 0.3 is 0 Å². The van der Waals surface area contributed by atoms with Crippen molar-refractivity contribution in [3.8, 4) is 11.5 Å². The van der Waals surface area contributed by atoms with Crippen molar-refractivity contribution in [3.63, 3.8) is 0 Å². The van der Waals surface area contributed by atoms with Gasteiger partial charge in [0.05, 0.1) is 19.7 Å². The lowest BCUT2D eigenvalue weighted by Gasteiger charge is -2.35. The van der Waals surface area contributed by atoms with Crippen molar-refractivity contribution in [2.24, 2.45) is 0 Å². The van der Waals surface area contributed by atoms with Crippen LogP contribution in [0.25, 0.3) is 10.9 Å². The second kappa shape index (κ2) is 12.3. The average Bonchev–Trinajstić information content (AvgIpc) is 3.43. The van der Waals surface area contributed by atoms with E-state index >= 15 is 0 Å². The van der Waals surface area contributed by atoms with Crippen LogP contribution in [0.2, 0.25) is 0 Å². The number of hydrogen-bond acceptors (Lipinski definition) is 8. The number of rotatable bonds is 11. The molecule has 0 radical (unpaired) electrons. The van der Waals surface area contributed by atoms with Gasteiger partial charge in [-0.3, -0.25) is 5.10 Å². The Morgan fingerprint density at radius 3 is 2.33 bits per heavy atom. The third-order valence-corrected chi connectivity index (χ3v) is 7.36. The molecule has 0 spiro atoms. The first-order chi connectivity index (χ1) is 19.1. The van der Waals surface area contributed by atoms with Crippen LogP contribution in [0.4, 0.5) is 17.3 Å². The van der Waals surface area contributed by atoms with Gasteiger partial charge in [-0.15, -0.1) is 0 Å². The van der Waals surface area contributed by atoms with Crippen molar-refractivity contribution in [1.29, 1.82) is 0 Å². The number of methoxy groups -OCH3 is 2. The van der Waals surface area contributed by atoms with E-state index in [4.69, 9.17) is 19.4 Å². The molecular weight excluding hydrogens is 490 g/mol. The van der Waals surface area contributed by atoms with Gasteiger partial charge in [-0.2, -0.15) is 5.10 Å². The molecule has 2 aromatic carbocycles. The molecule has 5 rings (SSSR count). The van der Waals surface area contributed by atoms with Gasteiger partial charge in [-0.1, -0.05) is 13.8 Å². The summed E-state index contributed by atoms with van der Waals surface area (Å²) in [6.45, 7) is 9.76. The topological polar surface area (TPSA) is 91.4 Å². The van der Waals surface area contributed by atoms with E-state index in [1.165, 1.54) is 5.69 Å². The zero-order valence-corrected chi connectivity index (χ0v) is 23.5. The van der Waals surface area contributed by atoms with Gasteiger partial charge < -0.3 is 24.6 Å². The zero-order valence-electron chi connectivity index (χ0n) is 23.5. The maximum atomic E-state index is 5.41. The highest BCUT2D eigenvalue weighted by Crippen LogP contribution is 2.29. The number of likely N-dealkylation sites (N-methyl/N-ethyl adjacent to an activating group) is 1. The maximum Gasteiger partial charge on any atom is 0.153 e. The molecule has 39 heavy (non-hydrogen) atoms. The Labute approximate surface area is 230 Å². The highest BCUT2D eigenvalue weighted by molar-refractivity contribution is 5.92. The lowest BCUT2D eigenvalue weighted by atomic mass is 10.1. The van der Waals surface area contributed by atoms with Gasteiger partial charge in [0.1, 0.15) is 23.1 Å². The zero-order chi connectivity index (χ0) is 27.2. The van der Waals surface area contributed by atoms with Gasteiger partial charge in [0.15, 0.2) is 5.82 Å². The first-order valence-electron chi connectivity index (χ1n) is 13.9. The van der Waals surface area contributed by atoms with E-state index in [1.54, 1.807) is 14.2 Å². The van der Waals surface area contributed by atoms with Crippen LogP contribution in [0.1, 0.15) is 37.4 Å². The Bertz CT molecular complexity index is 1370. The van der Waals surface area contributed by atoms with Crippen LogP contribution in [-0.4, -0.2) is 72.0 Å². The first kappa shape index (κ1) is 26.7. The number of H-pyrrole nitrogens is 1. The lowest BCUT2D eigenvalue weighted by Crippen LogP contribution is -2.46. The molecule has 0 atom stereocenters. The molecule has 206 valence electrons. The molecule has 2 N–H and O–H groups in total. The predicted octanol–water partition coefficient (Wildman–Crippen LogP) is 4.99. The number of piperazine rings is 1. The fourth-order valence-electron chi connectivity index (χ4n) is 5.08. The van der Waals surface area contributed by atoms with Crippen molar-refractivity contribution < 1.29 is 9.47 Å². The van der Waals surface area contributed by atoms with Crippen molar-refractivity contribution in [2.75, 3.05) is 57.2 Å². The quantitative estimate of drug-likeness (QED) is 0.281. The second-order valence-electron chi connectivity index (χ2n) is 9.99. The number of nitrogens with one attached hydrogen (secondary N) is 2. The molecule has 1 saturated heterocycles. The van der Waals surface area contributed by atoms with Crippen LogP contribution in [0.5, 0.6) is 11.5 Å². The molecule has 1 aliphatic rings. The van der Waals surface area contributed by atoms with Crippen molar-refractivity contribution in [2.45, 2.75) is 39.5 Å². The number of aryl methyl sites for hydroxylation is 3. The van der Waals surface area contributed by atoms with E-state index in [0.717, 1.165) is 110 Å². The molecular formula is C30H39N7O2. The monoisotopic (exact) mass is 529 g/mol. The Balaban J connectivity index is 1.33. The predicted molar refractivity (Wildman–Crippen MR) is 157 cm³/mol. The normalized spacial score (nSPS) is 14.1. The van der Waals surface area contributed by atoms with Crippen molar-refractivity contribution in [3.05, 3.63) is 59.5 Å². The minimum Gasteiger partial charge on any atom is -0.497 e. The highest BCUT2D eigenvalue weighted by Gasteiger charge is 2.18. The number of benzene rings is 2. The molecule has 1 aliphatic heterocycles. The van der Waals surface area contributed by atoms with Crippen LogP contribution in [-0.2, 0) is 19.3 Å². The van der Waals surface area contributed by atoms with Gasteiger partial charge in [0, 0.05) is 61.5 Å². The van der Waals surface area contributed by atoms with E-state index in [1.807, 2.05) is 24.3 Å². The molecule has 0 saturated carbocycles. The SMILES string of the molecule is CCCc1nc(Nc2cc(CCc3cc(OC)cc(OC)c3)[nH]n2)c2ccc(N3CCN(CC)CC3)cc2n1. The molecule has 9 nitrogen and oxygen atoms in total. The summed E-state index contributed by atoms with van der Waals surface area (Å²) in [5.74, 6) is 3.97. The Morgan fingerprint density at radius 1 is 0.872 bits per heavy atom. The van der Waals surface area contributed by atoms with Gasteiger partial charge in [-0.25, -0.2) is 9.97 Å². The number of nitrogens with zero attached hydrogens (tertiary/aromatic N) is 5. The summed E-state index contributed by atoms with van der Waals surface area (Å²) in [6, 6.07) is 14.6. The standard InChI is InChI=1S/C30H39N7O2/c1-5-7-28-31-27-19-23(37-14-12-36(6-2)13-15-37)10-11-26(27)30(32-28)33-29-18-22(34-35-29)9-8-21-16-24(38-3)20-25(17-21)39-4/h10-11,16-20H,5-9,12-15H2,1-4H3,(H2,31,32,33,34,35). The van der Waals surface area contributed by atoms with Crippen LogP contribution < -0.4 is 19.7 Å². The minimum absolute atomic E-state index is 0.746. The van der Waals surface area contributed by atoms with Crippen LogP contribution >= 0.6 is 0 Å². The summed E-state index contributed by atoms with van der Waals surface area (Å²) in [6.07, 6.45) is 3.47. The molecule has 1 fully saturated rings. The van der Waals surface area contributed by atoms with Gasteiger partial charge in [0.2, 0.25) is 0 Å². The third kappa shape index (κ3) is 6.42. The number of aromatic nitrogens is 4. The summed E-state index contributed by atoms with van der Waals surface area (Å²) < 4.78 is 10.8. The highest BCUT2D eigenvalue weighted by atomic mass is 16.5. The summed E-state index contributed by atoms with van der Waals surface area (Å²) in [7, 11) is 3.34. The number of hydrogen-bond donors (Lipinski definition) is 2. The van der Waals surface area contributed by atoms with Gasteiger partial charge in [-0.05, 0) is 61.7 Å². The van der Waals surface area contributed by atoms with Crippen LogP contribution in [0.3, 0.4) is 0 Å². The fourth-order valence-corrected chi connectivity index (χ4v) is 5.08. The smallest absolute Gasteiger partial charge is 0.153 e. The molecule has 0 aliphatic carbocycles. The summed E-state index contributed by atoms with van der Waals surface area (Å²) in [4.78, 5) is 14.7. The molecule has 3 heterocycles. The first-order valence-corrected chi connectivity index (χ1v) is 13.9. The average molecular weight is 530 g/mol. The molecule has 9 heteroatoms. The number of anilines is 3. The molecule has 4 aromatic rings. The Hall–Kier alpha value is -3.85.